The summed E-state index contributed by atoms with van der Waals surface area (Å²) in [5, 5.41) is 0. The summed E-state index contributed by atoms with van der Waals surface area (Å²) in [7, 11) is 1.67. The zero-order valence-electron chi connectivity index (χ0n) is 12.7. The van der Waals surface area contributed by atoms with Gasteiger partial charge in [-0.05, 0) is 31.2 Å². The van der Waals surface area contributed by atoms with Crippen molar-refractivity contribution in [2.45, 2.75) is 19.4 Å². The molecule has 21 heavy (non-hydrogen) atoms. The Labute approximate surface area is 125 Å². The Morgan fingerprint density at radius 2 is 1.90 bits per heavy atom. The third-order valence-corrected chi connectivity index (χ3v) is 4.02. The quantitative estimate of drug-likeness (QED) is 0.472. The van der Waals surface area contributed by atoms with Crippen LogP contribution in [0.3, 0.4) is 0 Å². The summed E-state index contributed by atoms with van der Waals surface area (Å²) >= 11 is 0. The summed E-state index contributed by atoms with van der Waals surface area (Å²) in [6.07, 6.45) is 0.443. The van der Waals surface area contributed by atoms with Crippen molar-refractivity contribution in [3.63, 3.8) is 0 Å². The van der Waals surface area contributed by atoms with Crippen LogP contribution in [0.2, 0.25) is 0 Å². The third-order valence-electron chi connectivity index (χ3n) is 4.02. The summed E-state index contributed by atoms with van der Waals surface area (Å²) in [4.78, 5) is 16.0. The predicted octanol–water partition coefficient (Wildman–Crippen LogP) is 0.586. The summed E-state index contributed by atoms with van der Waals surface area (Å²) in [6, 6.07) is 8.34. The molecule has 116 valence electrons. The maximum Gasteiger partial charge on any atom is 0.235 e. The molecule has 0 saturated carbocycles. The number of amides is 1. The highest BCUT2D eigenvalue weighted by molar-refractivity contribution is 5.75. The number of carbonyl (C=O) groups excluding carboxylic acids is 1. The highest BCUT2D eigenvalue weighted by Gasteiger charge is 2.22. The maximum absolute atomic E-state index is 11.3. The van der Waals surface area contributed by atoms with Crippen molar-refractivity contribution < 1.29 is 9.53 Å². The Balaban J connectivity index is 1.86. The fourth-order valence-corrected chi connectivity index (χ4v) is 2.67. The number of nitrogens with zero attached hydrogens (tertiary/aromatic N) is 2. The van der Waals surface area contributed by atoms with Crippen LogP contribution >= 0.6 is 0 Å². The van der Waals surface area contributed by atoms with E-state index in [1.807, 2.05) is 12.1 Å². The molecule has 1 heterocycles. The monoisotopic (exact) mass is 292 g/mol. The van der Waals surface area contributed by atoms with Crippen molar-refractivity contribution in [3.05, 3.63) is 24.3 Å². The van der Waals surface area contributed by atoms with Crippen molar-refractivity contribution in [3.8, 4) is 5.75 Å². The molecule has 1 aliphatic rings. The van der Waals surface area contributed by atoms with Gasteiger partial charge in [-0.25, -0.2) is 5.84 Å². The normalized spacial score (nSPS) is 17.4. The number of carbonyl (C=O) groups is 1. The molecule has 0 radical (unpaired) electrons. The highest BCUT2D eigenvalue weighted by atomic mass is 16.5. The molecule has 1 aliphatic heterocycles. The number of hydrazine groups is 1. The van der Waals surface area contributed by atoms with Crippen molar-refractivity contribution in [2.24, 2.45) is 5.84 Å². The summed E-state index contributed by atoms with van der Waals surface area (Å²) in [5.41, 5.74) is 3.40. The van der Waals surface area contributed by atoms with Crippen molar-refractivity contribution in [2.75, 3.05) is 38.2 Å². The topological polar surface area (TPSA) is 70.8 Å². The predicted molar refractivity (Wildman–Crippen MR) is 83.2 cm³/mol. The first-order valence-electron chi connectivity index (χ1n) is 7.26. The minimum absolute atomic E-state index is 0.111. The van der Waals surface area contributed by atoms with E-state index < -0.39 is 0 Å². The van der Waals surface area contributed by atoms with Crippen molar-refractivity contribution in [1.82, 2.24) is 10.3 Å². The number of ether oxygens (including phenoxy) is 1. The molecule has 1 fully saturated rings. The van der Waals surface area contributed by atoms with Gasteiger partial charge in [-0.1, -0.05) is 0 Å². The van der Waals surface area contributed by atoms with Crippen LogP contribution in [0.1, 0.15) is 13.3 Å². The van der Waals surface area contributed by atoms with E-state index in [0.717, 1.165) is 31.9 Å². The molecule has 3 N–H and O–H groups in total. The lowest BCUT2D eigenvalue weighted by atomic mass is 10.1. The van der Waals surface area contributed by atoms with Gasteiger partial charge in [0.25, 0.3) is 0 Å². The SMILES string of the molecule is COc1ccc(N2CCN(C(C)CC(=O)NN)CC2)cc1. The Morgan fingerprint density at radius 3 is 2.43 bits per heavy atom. The van der Waals surface area contributed by atoms with E-state index in [1.54, 1.807) is 7.11 Å². The van der Waals surface area contributed by atoms with Crippen LogP contribution in [-0.2, 0) is 4.79 Å². The average Bonchev–Trinajstić information content (AvgIpc) is 2.55. The second kappa shape index (κ2) is 7.28. The smallest absolute Gasteiger partial charge is 0.235 e. The number of nitrogens with one attached hydrogen (secondary N) is 1. The van der Waals surface area contributed by atoms with Crippen LogP contribution in [0.5, 0.6) is 5.75 Å². The number of benzene rings is 1. The van der Waals surface area contributed by atoms with Gasteiger partial charge in [-0.2, -0.15) is 0 Å². The van der Waals surface area contributed by atoms with Crippen LogP contribution in [-0.4, -0.2) is 50.1 Å². The van der Waals surface area contributed by atoms with E-state index in [2.05, 4.69) is 34.3 Å². The zero-order chi connectivity index (χ0) is 15.2. The number of rotatable bonds is 5. The van der Waals surface area contributed by atoms with Gasteiger partial charge in [-0.15, -0.1) is 0 Å². The molecule has 1 atom stereocenters. The molecular formula is C15H24N4O2. The first kappa shape index (κ1) is 15.6. The Morgan fingerprint density at radius 1 is 1.29 bits per heavy atom. The third kappa shape index (κ3) is 4.09. The standard InChI is InChI=1S/C15H24N4O2/c1-12(11-15(20)17-16)18-7-9-19(10-8-18)13-3-5-14(21-2)6-4-13/h3-6,12H,7-11,16H2,1-2H3,(H,17,20). The van der Waals surface area contributed by atoms with E-state index in [-0.39, 0.29) is 11.9 Å². The van der Waals surface area contributed by atoms with Gasteiger partial charge in [0.2, 0.25) is 5.91 Å². The molecule has 1 saturated heterocycles. The molecule has 1 aromatic rings. The van der Waals surface area contributed by atoms with Crippen LogP contribution in [0.4, 0.5) is 5.69 Å². The number of hydrogen-bond donors (Lipinski definition) is 2. The average molecular weight is 292 g/mol. The summed E-state index contributed by atoms with van der Waals surface area (Å²) in [6.45, 7) is 5.89. The van der Waals surface area contributed by atoms with Gasteiger partial charge in [0, 0.05) is 44.3 Å². The van der Waals surface area contributed by atoms with Gasteiger partial charge >= 0.3 is 0 Å². The van der Waals surface area contributed by atoms with Gasteiger partial charge in [0.1, 0.15) is 5.75 Å². The van der Waals surface area contributed by atoms with Crippen molar-refractivity contribution >= 4 is 11.6 Å². The number of hydrogen-bond acceptors (Lipinski definition) is 5. The number of methoxy groups -OCH3 is 1. The lowest BCUT2D eigenvalue weighted by Crippen LogP contribution is -2.50. The first-order chi connectivity index (χ1) is 10.1. The molecule has 0 spiro atoms. The lowest BCUT2D eigenvalue weighted by Gasteiger charge is -2.39. The summed E-state index contributed by atoms with van der Waals surface area (Å²) < 4.78 is 5.18. The fourth-order valence-electron chi connectivity index (χ4n) is 2.67. The number of piperazine rings is 1. The van der Waals surface area contributed by atoms with E-state index in [9.17, 15) is 4.79 Å². The number of nitrogens with two attached hydrogens (primary N) is 1. The van der Waals surface area contributed by atoms with E-state index in [1.165, 1.54) is 5.69 Å². The van der Waals surface area contributed by atoms with Crippen LogP contribution in [0.15, 0.2) is 24.3 Å². The molecule has 6 nitrogen and oxygen atoms in total. The van der Waals surface area contributed by atoms with Gasteiger partial charge < -0.3 is 9.64 Å². The fraction of sp³-hybridized carbons (Fsp3) is 0.533. The molecule has 1 aromatic carbocycles. The van der Waals surface area contributed by atoms with Crippen LogP contribution in [0, 0.1) is 0 Å². The molecule has 1 amide bonds. The lowest BCUT2D eigenvalue weighted by molar-refractivity contribution is -0.122. The molecular weight excluding hydrogens is 268 g/mol. The highest BCUT2D eigenvalue weighted by Crippen LogP contribution is 2.21. The molecule has 0 bridgehead atoms. The Kier molecular flexibility index (Phi) is 5.41. The molecule has 1 unspecified atom stereocenters. The van der Waals surface area contributed by atoms with Gasteiger partial charge in [-0.3, -0.25) is 15.1 Å². The summed E-state index contributed by atoms with van der Waals surface area (Å²) in [5.74, 6) is 5.90. The van der Waals surface area contributed by atoms with E-state index >= 15 is 0 Å². The van der Waals surface area contributed by atoms with Gasteiger partial charge in [0.05, 0.1) is 7.11 Å². The Hall–Kier alpha value is -1.79. The second-order valence-electron chi connectivity index (χ2n) is 5.34. The molecule has 0 aliphatic carbocycles. The van der Waals surface area contributed by atoms with Crippen LogP contribution in [0.25, 0.3) is 0 Å². The Bertz CT molecular complexity index is 455. The van der Waals surface area contributed by atoms with Gasteiger partial charge in [0.15, 0.2) is 0 Å². The minimum Gasteiger partial charge on any atom is -0.497 e. The zero-order valence-corrected chi connectivity index (χ0v) is 12.7. The first-order valence-corrected chi connectivity index (χ1v) is 7.26. The molecule has 2 rings (SSSR count). The minimum atomic E-state index is -0.111. The number of anilines is 1. The molecule has 6 heteroatoms. The molecule has 0 aromatic heterocycles. The maximum atomic E-state index is 11.3. The van der Waals surface area contributed by atoms with E-state index in [4.69, 9.17) is 10.6 Å². The largest absolute Gasteiger partial charge is 0.497 e. The van der Waals surface area contributed by atoms with Crippen LogP contribution < -0.4 is 20.9 Å². The second-order valence-corrected chi connectivity index (χ2v) is 5.34. The van der Waals surface area contributed by atoms with Crippen molar-refractivity contribution in [1.29, 1.82) is 0 Å². The van der Waals surface area contributed by atoms with E-state index in [0.29, 0.717) is 6.42 Å².